The van der Waals surface area contributed by atoms with Crippen LogP contribution in [0.5, 0.6) is 0 Å². The molecule has 0 aromatic heterocycles. The first kappa shape index (κ1) is 24.8. The number of alkyl carbamates (subject to hydrolysis) is 1. The van der Waals surface area contributed by atoms with Crippen molar-refractivity contribution >= 4 is 31.7 Å². The van der Waals surface area contributed by atoms with E-state index in [1.54, 1.807) is 0 Å². The summed E-state index contributed by atoms with van der Waals surface area (Å²) in [6.07, 6.45) is -7.22. The van der Waals surface area contributed by atoms with Crippen LogP contribution in [0.1, 0.15) is 19.8 Å². The van der Waals surface area contributed by atoms with Gasteiger partial charge < -0.3 is 19.5 Å². The molecule has 3 aliphatic heterocycles. The molecule has 3 aliphatic rings. The van der Waals surface area contributed by atoms with E-state index in [2.05, 4.69) is 10.1 Å². The van der Waals surface area contributed by atoms with Gasteiger partial charge in [0.1, 0.15) is 12.2 Å². The van der Waals surface area contributed by atoms with Crippen LogP contribution in [0.4, 0.5) is 31.1 Å². The molecule has 18 heteroatoms. The van der Waals surface area contributed by atoms with E-state index < -0.39 is 90.1 Å². The average Bonchev–Trinajstić information content (AvgIpc) is 3.22. The molecule has 1 N–H and O–H groups in total. The zero-order valence-electron chi connectivity index (χ0n) is 15.7. The number of amides is 1. The van der Waals surface area contributed by atoms with Gasteiger partial charge in [0.05, 0.1) is 18.1 Å². The number of fused-ring (bicyclic) bond motifs is 1. The number of hydrogen-bond acceptors (Lipinski definition) is 9. The molecule has 6 unspecified atom stereocenters. The normalized spacial score (nSPS) is 31.0. The third kappa shape index (κ3) is 4.00. The molecular formula is C14H15F6NO9S2. The summed E-state index contributed by atoms with van der Waals surface area (Å²) in [6.45, 7) is 0.716. The van der Waals surface area contributed by atoms with Gasteiger partial charge in [-0.15, -0.1) is 0 Å². The van der Waals surface area contributed by atoms with Crippen molar-refractivity contribution in [3.63, 3.8) is 0 Å². The zero-order chi connectivity index (χ0) is 24.4. The Morgan fingerprint density at radius 3 is 2.12 bits per heavy atom. The Kier molecular flexibility index (Phi) is 5.90. The molecule has 6 atom stereocenters. The average molecular weight is 519 g/mol. The summed E-state index contributed by atoms with van der Waals surface area (Å²) in [5, 5.41) is 2.19. The second-order valence-corrected chi connectivity index (χ2v) is 12.0. The Bertz CT molecular complexity index is 965. The first-order chi connectivity index (χ1) is 14.4. The fourth-order valence-electron chi connectivity index (χ4n) is 3.85. The molecule has 0 aromatic carbocycles. The molecule has 2 bridgehead atoms. The van der Waals surface area contributed by atoms with Crippen LogP contribution in [-0.2, 0) is 38.7 Å². The summed E-state index contributed by atoms with van der Waals surface area (Å²) in [5.41, 5.74) is -12.6. The Hall–Kier alpha value is -1.82. The SMILES string of the molecule is CC(CC(S(=O)(=O)C(F)(F)F)S(=O)(=O)C(F)(F)F)OC(=O)NC1C2CC3C(=O)OC1C3O2. The number of halogens is 6. The minimum atomic E-state index is -6.85. The lowest BCUT2D eigenvalue weighted by atomic mass is 9.87. The molecule has 3 heterocycles. The van der Waals surface area contributed by atoms with Crippen LogP contribution in [0.25, 0.3) is 0 Å². The first-order valence-corrected chi connectivity index (χ1v) is 11.9. The van der Waals surface area contributed by atoms with Gasteiger partial charge in [0.25, 0.3) is 19.7 Å². The maximum atomic E-state index is 12.8. The van der Waals surface area contributed by atoms with Crippen LogP contribution in [0, 0.1) is 5.92 Å². The van der Waals surface area contributed by atoms with Crippen LogP contribution < -0.4 is 5.32 Å². The fourth-order valence-corrected chi connectivity index (χ4v) is 7.48. The molecule has 0 aliphatic carbocycles. The van der Waals surface area contributed by atoms with E-state index in [-0.39, 0.29) is 6.42 Å². The van der Waals surface area contributed by atoms with Crippen molar-refractivity contribution in [2.75, 3.05) is 0 Å². The lowest BCUT2D eigenvalue weighted by Gasteiger charge is -2.26. The Morgan fingerprint density at radius 2 is 1.62 bits per heavy atom. The minimum absolute atomic E-state index is 0.205. The highest BCUT2D eigenvalue weighted by Crippen LogP contribution is 2.46. The van der Waals surface area contributed by atoms with Crippen LogP contribution in [-0.4, -0.2) is 75.0 Å². The lowest BCUT2D eigenvalue weighted by Crippen LogP contribution is -2.50. The summed E-state index contributed by atoms with van der Waals surface area (Å²) in [4.78, 5) is 23.7. The molecule has 3 saturated heterocycles. The number of carbonyl (C=O) groups excluding carboxylic acids is 2. The molecular weight excluding hydrogens is 504 g/mol. The first-order valence-electron chi connectivity index (χ1n) is 8.81. The van der Waals surface area contributed by atoms with Gasteiger partial charge in [0.2, 0.25) is 0 Å². The van der Waals surface area contributed by atoms with Crippen LogP contribution in [0.2, 0.25) is 0 Å². The van der Waals surface area contributed by atoms with Gasteiger partial charge in [-0.05, 0) is 13.3 Å². The number of carbonyl (C=O) groups is 2. The maximum Gasteiger partial charge on any atom is 0.498 e. The second kappa shape index (κ2) is 7.61. The molecule has 3 fully saturated rings. The maximum absolute atomic E-state index is 12.8. The highest BCUT2D eigenvalue weighted by atomic mass is 32.3. The molecule has 0 saturated carbocycles. The predicted octanol–water partition coefficient (Wildman–Crippen LogP) is 0.768. The highest BCUT2D eigenvalue weighted by molar-refractivity contribution is 8.09. The van der Waals surface area contributed by atoms with E-state index in [9.17, 15) is 52.8 Å². The predicted molar refractivity (Wildman–Crippen MR) is 87.9 cm³/mol. The molecule has 0 radical (unpaired) electrons. The number of hydrogen-bond donors (Lipinski definition) is 1. The standard InChI is InChI=1S/C14H15F6NO9S2/c1-4(2-7(31(24,25)13(15,16)17)32(26,27)14(18,19)20)28-12(23)21-8-6-3-5-9(29-6)10(8)30-11(5)22/h4-10H,2-3H2,1H3,(H,21,23). The molecule has 10 nitrogen and oxygen atoms in total. The monoisotopic (exact) mass is 519 g/mol. The molecule has 0 spiro atoms. The van der Waals surface area contributed by atoms with Crippen molar-refractivity contribution in [1.29, 1.82) is 0 Å². The number of rotatable bonds is 6. The van der Waals surface area contributed by atoms with E-state index in [1.807, 2.05) is 0 Å². The molecule has 3 rings (SSSR count). The largest absolute Gasteiger partial charge is 0.498 e. The number of nitrogens with one attached hydrogen (secondary N) is 1. The van der Waals surface area contributed by atoms with Crippen molar-refractivity contribution in [2.45, 2.75) is 65.8 Å². The molecule has 1 amide bonds. The summed E-state index contributed by atoms with van der Waals surface area (Å²) >= 11 is 0. The Morgan fingerprint density at radius 1 is 1.09 bits per heavy atom. The quantitative estimate of drug-likeness (QED) is 0.398. The topological polar surface area (TPSA) is 142 Å². The number of alkyl halides is 6. The van der Waals surface area contributed by atoms with E-state index in [1.165, 1.54) is 0 Å². The minimum Gasteiger partial charge on any atom is -0.457 e. The van der Waals surface area contributed by atoms with Gasteiger partial charge in [-0.2, -0.15) is 26.3 Å². The van der Waals surface area contributed by atoms with E-state index in [0.717, 1.165) is 0 Å². The molecule has 184 valence electrons. The van der Waals surface area contributed by atoms with Crippen LogP contribution in [0.3, 0.4) is 0 Å². The van der Waals surface area contributed by atoms with Crippen molar-refractivity contribution in [3.05, 3.63) is 0 Å². The van der Waals surface area contributed by atoms with E-state index in [4.69, 9.17) is 9.47 Å². The molecule has 0 aromatic rings. The Labute approximate surface area is 176 Å². The smallest absolute Gasteiger partial charge is 0.457 e. The summed E-state index contributed by atoms with van der Waals surface area (Å²) in [5.74, 6) is -1.06. The third-order valence-electron chi connectivity index (χ3n) is 5.30. The van der Waals surface area contributed by atoms with Crippen LogP contribution in [0.15, 0.2) is 0 Å². The van der Waals surface area contributed by atoms with Crippen molar-refractivity contribution in [1.82, 2.24) is 5.32 Å². The summed E-state index contributed by atoms with van der Waals surface area (Å²) in [6, 6.07) is -0.920. The summed E-state index contributed by atoms with van der Waals surface area (Å²) in [7, 11) is -13.7. The van der Waals surface area contributed by atoms with Gasteiger partial charge >= 0.3 is 23.1 Å². The van der Waals surface area contributed by atoms with Gasteiger partial charge in [-0.3, -0.25) is 4.79 Å². The van der Waals surface area contributed by atoms with Crippen molar-refractivity contribution in [3.8, 4) is 0 Å². The molecule has 32 heavy (non-hydrogen) atoms. The van der Waals surface area contributed by atoms with E-state index in [0.29, 0.717) is 6.92 Å². The van der Waals surface area contributed by atoms with Gasteiger partial charge in [-0.25, -0.2) is 21.6 Å². The third-order valence-corrected chi connectivity index (χ3v) is 9.88. The lowest BCUT2D eigenvalue weighted by molar-refractivity contribution is -0.143. The number of sulfone groups is 2. The van der Waals surface area contributed by atoms with Crippen molar-refractivity contribution < 1.29 is 67.0 Å². The van der Waals surface area contributed by atoms with Gasteiger partial charge in [-0.1, -0.05) is 0 Å². The Balaban J connectivity index is 1.71. The fraction of sp³-hybridized carbons (Fsp3) is 0.857. The number of esters is 1. The van der Waals surface area contributed by atoms with Crippen molar-refractivity contribution in [2.24, 2.45) is 5.92 Å². The van der Waals surface area contributed by atoms with Crippen LogP contribution >= 0.6 is 0 Å². The second-order valence-electron chi connectivity index (χ2n) is 7.42. The zero-order valence-corrected chi connectivity index (χ0v) is 17.3. The van der Waals surface area contributed by atoms with Gasteiger partial charge in [0, 0.05) is 6.42 Å². The summed E-state index contributed by atoms with van der Waals surface area (Å²) < 4.78 is 134. The van der Waals surface area contributed by atoms with E-state index >= 15 is 0 Å². The van der Waals surface area contributed by atoms with Gasteiger partial charge in [0.15, 0.2) is 10.7 Å². The highest BCUT2D eigenvalue weighted by Gasteiger charge is 2.65. The number of ether oxygens (including phenoxy) is 3.